The molecule has 0 saturated heterocycles. The van der Waals surface area contributed by atoms with Gasteiger partial charge in [0.25, 0.3) is 0 Å². The van der Waals surface area contributed by atoms with Gasteiger partial charge in [-0.15, -0.1) is 0 Å². The molecule has 0 aromatic heterocycles. The molecule has 0 N–H and O–H groups in total. The first-order chi connectivity index (χ1) is 4.16. The lowest BCUT2D eigenvalue weighted by Gasteiger charge is -1.83. The first-order valence-corrected chi connectivity index (χ1v) is 4.38. The molecule has 0 rings (SSSR count). The third-order valence-corrected chi connectivity index (χ3v) is 1.78. The van der Waals surface area contributed by atoms with Crippen LogP contribution < -0.4 is 0 Å². The molecular formula is C7H8BrI. The molecule has 0 aliphatic heterocycles. The molecule has 0 unspecified atom stereocenters. The molecule has 2 heteroatoms. The van der Waals surface area contributed by atoms with Crippen LogP contribution in [-0.4, -0.2) is 0 Å². The molecule has 9 heavy (non-hydrogen) atoms. The van der Waals surface area contributed by atoms with Crippen LogP contribution in [0.5, 0.6) is 0 Å². The number of hydrogen-bond donors (Lipinski definition) is 0. The van der Waals surface area contributed by atoms with Crippen molar-refractivity contribution in [3.8, 4) is 0 Å². The highest BCUT2D eigenvalue weighted by molar-refractivity contribution is 14.1. The van der Waals surface area contributed by atoms with Crippen molar-refractivity contribution in [1.82, 2.24) is 0 Å². The van der Waals surface area contributed by atoms with E-state index < -0.39 is 0 Å². The average molecular weight is 299 g/mol. The zero-order valence-corrected chi connectivity index (χ0v) is 8.94. The fourth-order valence-electron chi connectivity index (χ4n) is 0.266. The second-order valence-electron chi connectivity index (χ2n) is 1.45. The molecule has 0 nitrogen and oxygen atoms in total. The molecule has 0 bridgehead atoms. The molecule has 0 aromatic rings. The van der Waals surface area contributed by atoms with Gasteiger partial charge in [-0.1, -0.05) is 28.6 Å². The zero-order valence-electron chi connectivity index (χ0n) is 5.20. The van der Waals surface area contributed by atoms with Crippen LogP contribution in [0, 0.1) is 0 Å². The summed E-state index contributed by atoms with van der Waals surface area (Å²) < 4.78 is 2.12. The standard InChI is InChI=1S/C7H8BrI/c1-3-7(8)5-4-6(2)9/h3-5H,2H2,1H3/b5-4-,7-3-. The molecule has 0 radical (unpaired) electrons. The Kier molecular flexibility index (Phi) is 5.48. The van der Waals surface area contributed by atoms with Crippen molar-refractivity contribution in [3.05, 3.63) is 32.9 Å². The van der Waals surface area contributed by atoms with Crippen LogP contribution in [0.2, 0.25) is 0 Å². The van der Waals surface area contributed by atoms with E-state index >= 15 is 0 Å². The van der Waals surface area contributed by atoms with E-state index in [1.165, 1.54) is 0 Å². The Hall–Kier alpha value is 0.430. The maximum Gasteiger partial charge on any atom is 0.0132 e. The smallest absolute Gasteiger partial charge is 0.0132 e. The molecule has 0 amide bonds. The molecule has 50 valence electrons. The van der Waals surface area contributed by atoms with Crippen LogP contribution in [0.25, 0.3) is 0 Å². The summed E-state index contributed by atoms with van der Waals surface area (Å²) in [4.78, 5) is 0. The number of rotatable bonds is 2. The Labute approximate surface area is 78.0 Å². The molecule has 0 aliphatic carbocycles. The van der Waals surface area contributed by atoms with Gasteiger partial charge >= 0.3 is 0 Å². The summed E-state index contributed by atoms with van der Waals surface area (Å²) in [5.41, 5.74) is 0. The maximum atomic E-state index is 3.71. The van der Waals surface area contributed by atoms with Crippen molar-refractivity contribution < 1.29 is 0 Å². The summed E-state index contributed by atoms with van der Waals surface area (Å²) >= 11 is 5.50. The Bertz CT molecular complexity index is 156. The minimum atomic E-state index is 1.03. The highest BCUT2D eigenvalue weighted by Gasteiger charge is 1.79. The van der Waals surface area contributed by atoms with Gasteiger partial charge in [-0.25, -0.2) is 0 Å². The fourth-order valence-corrected chi connectivity index (χ4v) is 0.578. The van der Waals surface area contributed by atoms with Crippen molar-refractivity contribution in [1.29, 1.82) is 0 Å². The Balaban J connectivity index is 3.86. The van der Waals surface area contributed by atoms with E-state index in [4.69, 9.17) is 0 Å². The van der Waals surface area contributed by atoms with Gasteiger partial charge < -0.3 is 0 Å². The predicted octanol–water partition coefficient (Wildman–Crippen LogP) is 3.79. The summed E-state index contributed by atoms with van der Waals surface area (Å²) in [6.45, 7) is 5.69. The van der Waals surface area contributed by atoms with Crippen molar-refractivity contribution in [2.75, 3.05) is 0 Å². The number of halogens is 2. The highest BCUT2D eigenvalue weighted by Crippen LogP contribution is 2.10. The van der Waals surface area contributed by atoms with E-state index in [2.05, 4.69) is 45.1 Å². The Morgan fingerprint density at radius 2 is 2.11 bits per heavy atom. The van der Waals surface area contributed by atoms with Crippen molar-refractivity contribution in [2.24, 2.45) is 0 Å². The lowest BCUT2D eigenvalue weighted by molar-refractivity contribution is 1.71. The first kappa shape index (κ1) is 9.43. The van der Waals surface area contributed by atoms with Gasteiger partial charge in [0.05, 0.1) is 0 Å². The third kappa shape index (κ3) is 6.31. The normalized spacial score (nSPS) is 12.6. The van der Waals surface area contributed by atoms with E-state index in [1.807, 2.05) is 25.2 Å². The van der Waals surface area contributed by atoms with E-state index in [1.54, 1.807) is 0 Å². The second-order valence-corrected chi connectivity index (χ2v) is 3.76. The number of hydrogen-bond acceptors (Lipinski definition) is 0. The van der Waals surface area contributed by atoms with Crippen molar-refractivity contribution in [2.45, 2.75) is 6.92 Å². The highest BCUT2D eigenvalue weighted by atomic mass is 127. The topological polar surface area (TPSA) is 0 Å². The Morgan fingerprint density at radius 3 is 2.44 bits per heavy atom. The summed E-state index contributed by atoms with van der Waals surface area (Å²) in [5.74, 6) is 0. The van der Waals surface area contributed by atoms with Gasteiger partial charge in [-0.05, 0) is 41.7 Å². The maximum absolute atomic E-state index is 3.71. The first-order valence-electron chi connectivity index (χ1n) is 2.51. The molecule has 0 heterocycles. The monoisotopic (exact) mass is 298 g/mol. The minimum Gasteiger partial charge on any atom is -0.0856 e. The van der Waals surface area contributed by atoms with E-state index in [0.717, 1.165) is 8.06 Å². The quantitative estimate of drug-likeness (QED) is 0.537. The minimum absolute atomic E-state index is 1.03. The van der Waals surface area contributed by atoms with Crippen LogP contribution in [-0.2, 0) is 0 Å². The van der Waals surface area contributed by atoms with Gasteiger partial charge in [0.1, 0.15) is 0 Å². The van der Waals surface area contributed by atoms with Gasteiger partial charge in [-0.2, -0.15) is 0 Å². The van der Waals surface area contributed by atoms with Crippen LogP contribution in [0.4, 0.5) is 0 Å². The van der Waals surface area contributed by atoms with Gasteiger partial charge in [-0.3, -0.25) is 0 Å². The van der Waals surface area contributed by atoms with E-state index in [-0.39, 0.29) is 0 Å². The molecule has 0 aliphatic rings. The number of allylic oxidation sites excluding steroid dienone is 5. The largest absolute Gasteiger partial charge is 0.0856 e. The van der Waals surface area contributed by atoms with E-state index in [0.29, 0.717) is 0 Å². The third-order valence-electron chi connectivity index (χ3n) is 0.699. The molecule has 0 atom stereocenters. The lowest BCUT2D eigenvalue weighted by Crippen LogP contribution is -1.59. The van der Waals surface area contributed by atoms with Crippen LogP contribution in [0.1, 0.15) is 6.92 Å². The second kappa shape index (κ2) is 5.23. The van der Waals surface area contributed by atoms with Crippen LogP contribution in [0.3, 0.4) is 0 Å². The lowest BCUT2D eigenvalue weighted by atomic mass is 10.4. The SMILES string of the molecule is C=C(I)/C=C\C(Br)=C\C. The molecule has 0 spiro atoms. The summed E-state index contributed by atoms with van der Waals surface area (Å²) in [5, 5.41) is 0. The fraction of sp³-hybridized carbons (Fsp3) is 0.143. The van der Waals surface area contributed by atoms with Crippen LogP contribution >= 0.6 is 38.5 Å². The summed E-state index contributed by atoms with van der Waals surface area (Å²) in [7, 11) is 0. The van der Waals surface area contributed by atoms with Crippen molar-refractivity contribution >= 4 is 38.5 Å². The molecule has 0 fully saturated rings. The summed E-state index contributed by atoms with van der Waals surface area (Å²) in [6, 6.07) is 0. The molecule has 0 aromatic carbocycles. The Morgan fingerprint density at radius 1 is 1.56 bits per heavy atom. The van der Waals surface area contributed by atoms with Gasteiger partial charge in [0, 0.05) is 8.06 Å². The zero-order chi connectivity index (χ0) is 7.28. The van der Waals surface area contributed by atoms with Gasteiger partial charge in [0.15, 0.2) is 0 Å². The average Bonchev–Trinajstić information content (AvgIpc) is 1.83. The van der Waals surface area contributed by atoms with Gasteiger partial charge in [0.2, 0.25) is 0 Å². The van der Waals surface area contributed by atoms with E-state index in [9.17, 15) is 0 Å². The van der Waals surface area contributed by atoms with Crippen molar-refractivity contribution in [3.63, 3.8) is 0 Å². The molecular weight excluding hydrogens is 291 g/mol. The molecule has 0 saturated carbocycles. The van der Waals surface area contributed by atoms with Crippen LogP contribution in [0.15, 0.2) is 32.9 Å². The predicted molar refractivity (Wildman–Crippen MR) is 55.0 cm³/mol. The summed E-state index contributed by atoms with van der Waals surface area (Å²) in [6.07, 6.45) is 5.90.